The zero-order valence-electron chi connectivity index (χ0n) is 11.6. The van der Waals surface area contributed by atoms with Crippen molar-refractivity contribution in [3.05, 3.63) is 11.3 Å². The Morgan fingerprint density at radius 3 is 2.83 bits per heavy atom. The molecule has 5 heteroatoms. The summed E-state index contributed by atoms with van der Waals surface area (Å²) in [5.74, 6) is 0.449. The average Bonchev–Trinajstić information content (AvgIpc) is 2.24. The van der Waals surface area contributed by atoms with Crippen LogP contribution < -0.4 is 22.1 Å². The van der Waals surface area contributed by atoms with Gasteiger partial charge in [0, 0.05) is 12.1 Å². The molecule has 0 aromatic heterocycles. The van der Waals surface area contributed by atoms with Crippen molar-refractivity contribution < 1.29 is 0 Å². The predicted molar refractivity (Wildman–Crippen MR) is 74.9 cm³/mol. The van der Waals surface area contributed by atoms with Gasteiger partial charge in [-0.1, -0.05) is 13.8 Å². The minimum absolute atomic E-state index is 0.313. The second kappa shape index (κ2) is 4.55. The third kappa shape index (κ3) is 2.52. The maximum Gasteiger partial charge on any atom is 0.195 e. The summed E-state index contributed by atoms with van der Waals surface area (Å²) in [7, 11) is 1.93. The van der Waals surface area contributed by atoms with E-state index in [2.05, 4.69) is 29.5 Å². The SMILES string of the molecule is CNCCC1(N)N=C(N)NC2=C1CCC(C)(C)C2. The van der Waals surface area contributed by atoms with Gasteiger partial charge in [0.25, 0.3) is 0 Å². The molecule has 5 nitrogen and oxygen atoms in total. The number of allylic oxidation sites excluding steroid dienone is 1. The van der Waals surface area contributed by atoms with E-state index in [1.54, 1.807) is 0 Å². The number of rotatable bonds is 3. The lowest BCUT2D eigenvalue weighted by Crippen LogP contribution is -2.52. The summed E-state index contributed by atoms with van der Waals surface area (Å²) in [6.45, 7) is 5.41. The first-order valence-electron chi connectivity index (χ1n) is 6.65. The summed E-state index contributed by atoms with van der Waals surface area (Å²) >= 11 is 0. The molecule has 2 aliphatic rings. The molecule has 1 atom stereocenters. The Hall–Kier alpha value is -1.07. The third-order valence-corrected chi connectivity index (χ3v) is 3.95. The number of guanidine groups is 1. The fourth-order valence-electron chi connectivity index (χ4n) is 2.87. The van der Waals surface area contributed by atoms with Crippen molar-refractivity contribution in [1.82, 2.24) is 10.6 Å². The fourth-order valence-corrected chi connectivity index (χ4v) is 2.87. The fraction of sp³-hybridized carbons (Fsp3) is 0.769. The normalized spacial score (nSPS) is 30.6. The molecular formula is C13H25N5. The van der Waals surface area contributed by atoms with Crippen molar-refractivity contribution in [2.75, 3.05) is 13.6 Å². The van der Waals surface area contributed by atoms with Crippen LogP contribution in [-0.2, 0) is 0 Å². The van der Waals surface area contributed by atoms with E-state index < -0.39 is 5.66 Å². The molecule has 1 aliphatic carbocycles. The average molecular weight is 251 g/mol. The zero-order valence-corrected chi connectivity index (χ0v) is 11.6. The van der Waals surface area contributed by atoms with Crippen LogP contribution in [-0.4, -0.2) is 25.2 Å². The summed E-state index contributed by atoms with van der Waals surface area (Å²) < 4.78 is 0. The van der Waals surface area contributed by atoms with Crippen LogP contribution in [0.25, 0.3) is 0 Å². The second-order valence-corrected chi connectivity index (χ2v) is 6.20. The van der Waals surface area contributed by atoms with Crippen LogP contribution in [0.5, 0.6) is 0 Å². The van der Waals surface area contributed by atoms with E-state index in [1.807, 2.05) is 7.05 Å². The predicted octanol–water partition coefficient (Wildman–Crippen LogP) is 0.633. The lowest BCUT2D eigenvalue weighted by Gasteiger charge is -2.42. The summed E-state index contributed by atoms with van der Waals surface area (Å²) in [6, 6.07) is 0. The Kier molecular flexibility index (Phi) is 3.38. The van der Waals surface area contributed by atoms with Gasteiger partial charge >= 0.3 is 0 Å². The molecule has 6 N–H and O–H groups in total. The number of aliphatic imine (C=N–C) groups is 1. The molecule has 102 valence electrons. The first kappa shape index (κ1) is 13.4. The molecule has 0 spiro atoms. The van der Waals surface area contributed by atoms with Crippen LogP contribution in [0.3, 0.4) is 0 Å². The van der Waals surface area contributed by atoms with Crippen LogP contribution in [0, 0.1) is 5.41 Å². The molecule has 0 bridgehead atoms. The van der Waals surface area contributed by atoms with Crippen molar-refractivity contribution in [3.63, 3.8) is 0 Å². The van der Waals surface area contributed by atoms with Gasteiger partial charge in [0.1, 0.15) is 5.66 Å². The molecule has 0 radical (unpaired) electrons. The maximum atomic E-state index is 6.47. The highest BCUT2D eigenvalue weighted by atomic mass is 15.2. The van der Waals surface area contributed by atoms with E-state index in [9.17, 15) is 0 Å². The van der Waals surface area contributed by atoms with E-state index >= 15 is 0 Å². The molecule has 0 amide bonds. The van der Waals surface area contributed by atoms with E-state index in [0.29, 0.717) is 11.4 Å². The number of hydrogen-bond acceptors (Lipinski definition) is 5. The van der Waals surface area contributed by atoms with Gasteiger partial charge in [-0.25, -0.2) is 4.99 Å². The topological polar surface area (TPSA) is 88.5 Å². The number of nitrogens with zero attached hydrogens (tertiary/aromatic N) is 1. The van der Waals surface area contributed by atoms with Gasteiger partial charge in [0.2, 0.25) is 0 Å². The highest BCUT2D eigenvalue weighted by molar-refractivity contribution is 5.82. The Labute approximate surface area is 109 Å². The smallest absolute Gasteiger partial charge is 0.195 e. The van der Waals surface area contributed by atoms with Crippen molar-refractivity contribution in [2.45, 2.75) is 45.2 Å². The highest BCUT2D eigenvalue weighted by Crippen LogP contribution is 2.42. The second-order valence-electron chi connectivity index (χ2n) is 6.20. The summed E-state index contributed by atoms with van der Waals surface area (Å²) in [5, 5.41) is 6.35. The van der Waals surface area contributed by atoms with Crippen LogP contribution >= 0.6 is 0 Å². The molecule has 0 saturated carbocycles. The molecular weight excluding hydrogens is 226 g/mol. The maximum absolute atomic E-state index is 6.47. The summed E-state index contributed by atoms with van der Waals surface area (Å²) in [5.41, 5.74) is 14.5. The van der Waals surface area contributed by atoms with E-state index in [4.69, 9.17) is 11.5 Å². The van der Waals surface area contributed by atoms with Gasteiger partial charge in [-0.3, -0.25) is 0 Å². The number of nitrogens with one attached hydrogen (secondary N) is 2. The third-order valence-electron chi connectivity index (χ3n) is 3.95. The minimum Gasteiger partial charge on any atom is -0.370 e. The van der Waals surface area contributed by atoms with E-state index in [1.165, 1.54) is 11.3 Å². The molecule has 0 aromatic carbocycles. The first-order valence-corrected chi connectivity index (χ1v) is 6.65. The van der Waals surface area contributed by atoms with Crippen molar-refractivity contribution in [1.29, 1.82) is 0 Å². The number of hydrogen-bond donors (Lipinski definition) is 4. The van der Waals surface area contributed by atoms with Crippen LogP contribution in [0.1, 0.15) is 39.5 Å². The lowest BCUT2D eigenvalue weighted by atomic mass is 9.73. The molecule has 1 aliphatic heterocycles. The van der Waals surface area contributed by atoms with Gasteiger partial charge in [-0.05, 0) is 43.8 Å². The van der Waals surface area contributed by atoms with Gasteiger partial charge in [-0.15, -0.1) is 0 Å². The van der Waals surface area contributed by atoms with E-state index in [0.717, 1.165) is 32.2 Å². The quantitative estimate of drug-likeness (QED) is 0.592. The van der Waals surface area contributed by atoms with Crippen molar-refractivity contribution in [3.8, 4) is 0 Å². The van der Waals surface area contributed by atoms with Crippen LogP contribution in [0.15, 0.2) is 16.3 Å². The van der Waals surface area contributed by atoms with Gasteiger partial charge in [0.15, 0.2) is 5.96 Å². The Balaban J connectivity index is 2.29. The van der Waals surface area contributed by atoms with Crippen molar-refractivity contribution in [2.24, 2.45) is 21.9 Å². The van der Waals surface area contributed by atoms with Crippen LogP contribution in [0.2, 0.25) is 0 Å². The van der Waals surface area contributed by atoms with Crippen LogP contribution in [0.4, 0.5) is 0 Å². The lowest BCUT2D eigenvalue weighted by molar-refractivity contribution is 0.284. The molecule has 1 unspecified atom stereocenters. The molecule has 0 aromatic rings. The van der Waals surface area contributed by atoms with E-state index in [-0.39, 0.29) is 0 Å². The van der Waals surface area contributed by atoms with Gasteiger partial charge < -0.3 is 22.1 Å². The number of nitrogens with two attached hydrogens (primary N) is 2. The minimum atomic E-state index is -0.621. The molecule has 18 heavy (non-hydrogen) atoms. The zero-order chi connectivity index (χ0) is 13.4. The molecule has 2 rings (SSSR count). The van der Waals surface area contributed by atoms with Gasteiger partial charge in [-0.2, -0.15) is 0 Å². The first-order chi connectivity index (χ1) is 8.36. The van der Waals surface area contributed by atoms with Gasteiger partial charge in [0.05, 0.1) is 0 Å². The summed E-state index contributed by atoms with van der Waals surface area (Å²) in [4.78, 5) is 4.45. The Morgan fingerprint density at radius 1 is 1.44 bits per heavy atom. The Bertz CT molecular complexity index is 396. The Morgan fingerprint density at radius 2 is 2.17 bits per heavy atom. The molecule has 0 saturated heterocycles. The monoisotopic (exact) mass is 251 g/mol. The molecule has 0 fully saturated rings. The summed E-state index contributed by atoms with van der Waals surface area (Å²) in [6.07, 6.45) is 3.94. The molecule has 1 heterocycles. The standard InChI is InChI=1S/C13H25N5/c1-12(2)5-4-9-10(8-12)17-11(14)18-13(9,15)6-7-16-3/h16H,4-8,15H2,1-3H3,(H3,14,17,18). The van der Waals surface area contributed by atoms with Crippen molar-refractivity contribution >= 4 is 5.96 Å². The largest absolute Gasteiger partial charge is 0.370 e. The highest BCUT2D eigenvalue weighted by Gasteiger charge is 2.39.